The third-order valence-electron chi connectivity index (χ3n) is 3.98. The van der Waals surface area contributed by atoms with Crippen LogP contribution >= 0.6 is 0 Å². The number of guanidine groups is 1. The van der Waals surface area contributed by atoms with Crippen molar-refractivity contribution in [1.82, 2.24) is 5.32 Å². The Labute approximate surface area is 162 Å². The lowest BCUT2D eigenvalue weighted by Gasteiger charge is -2.14. The van der Waals surface area contributed by atoms with Gasteiger partial charge in [0.1, 0.15) is 0 Å². The first kappa shape index (κ1) is 21.3. The molecule has 2 rings (SSSR count). The number of benzene rings is 1. The van der Waals surface area contributed by atoms with E-state index in [1.807, 2.05) is 18.2 Å². The van der Waals surface area contributed by atoms with Gasteiger partial charge in [-0.2, -0.15) is 0 Å². The summed E-state index contributed by atoms with van der Waals surface area (Å²) in [5, 5.41) is 6.74. The summed E-state index contributed by atoms with van der Waals surface area (Å²) in [6, 6.07) is 5.89. The molecular formula is C20H33N3O4. The molecule has 0 spiro atoms. The molecule has 7 nitrogen and oxygen atoms in total. The number of hydrogen-bond acceptors (Lipinski definition) is 5. The smallest absolute Gasteiger partial charge is 0.195 e. The van der Waals surface area contributed by atoms with Crippen molar-refractivity contribution in [3.8, 4) is 11.5 Å². The van der Waals surface area contributed by atoms with E-state index in [-0.39, 0.29) is 0 Å². The quantitative estimate of drug-likeness (QED) is 0.350. The van der Waals surface area contributed by atoms with Crippen LogP contribution in [0.25, 0.3) is 0 Å². The van der Waals surface area contributed by atoms with Crippen LogP contribution < -0.4 is 20.1 Å². The molecule has 0 saturated carbocycles. The van der Waals surface area contributed by atoms with Gasteiger partial charge in [0.2, 0.25) is 0 Å². The number of nitrogens with zero attached hydrogens (tertiary/aromatic N) is 1. The van der Waals surface area contributed by atoms with Gasteiger partial charge >= 0.3 is 0 Å². The maximum Gasteiger partial charge on any atom is 0.195 e. The molecule has 0 aliphatic carbocycles. The second kappa shape index (κ2) is 13.2. The number of unbranched alkanes of at least 4 members (excludes halogenated alkanes) is 1. The van der Waals surface area contributed by atoms with Gasteiger partial charge in [-0.3, -0.25) is 4.99 Å². The average Bonchev–Trinajstić information content (AvgIpc) is 2.92. The fourth-order valence-corrected chi connectivity index (χ4v) is 2.50. The number of aliphatic imine (C=N–C) groups is 1. The van der Waals surface area contributed by atoms with E-state index < -0.39 is 0 Å². The van der Waals surface area contributed by atoms with Gasteiger partial charge in [0.25, 0.3) is 0 Å². The van der Waals surface area contributed by atoms with Crippen LogP contribution in [0.15, 0.2) is 23.2 Å². The Bertz CT molecular complexity index is 566. The van der Waals surface area contributed by atoms with Gasteiger partial charge in [0.15, 0.2) is 17.5 Å². The summed E-state index contributed by atoms with van der Waals surface area (Å²) >= 11 is 0. The summed E-state index contributed by atoms with van der Waals surface area (Å²) in [5.74, 6) is 2.34. The van der Waals surface area contributed by atoms with Crippen LogP contribution in [-0.2, 0) is 9.47 Å². The molecule has 1 aliphatic rings. The van der Waals surface area contributed by atoms with E-state index in [4.69, 9.17) is 18.9 Å². The van der Waals surface area contributed by atoms with Gasteiger partial charge in [0.05, 0.1) is 26.4 Å². The number of nitrogens with one attached hydrogen (secondary N) is 2. The van der Waals surface area contributed by atoms with Crippen LogP contribution in [0, 0.1) is 0 Å². The molecule has 27 heavy (non-hydrogen) atoms. The summed E-state index contributed by atoms with van der Waals surface area (Å²) in [6.45, 7) is 7.05. The molecule has 0 aromatic heterocycles. The standard InChI is InChI=1S/C20H33N3O4/c1-3-4-9-21-20(22-10-5-11-25-15-14-24-2)23-17-7-8-18-19(16-17)27-13-6-12-26-18/h7-8,16H,3-6,9-15H2,1-2H3,(H2,21,22,23). The topological polar surface area (TPSA) is 73.3 Å². The van der Waals surface area contributed by atoms with Gasteiger partial charge in [-0.05, 0) is 25.0 Å². The molecule has 0 bridgehead atoms. The number of rotatable bonds is 11. The third kappa shape index (κ3) is 8.49. The van der Waals surface area contributed by atoms with Gasteiger partial charge in [-0.1, -0.05) is 13.3 Å². The maximum absolute atomic E-state index is 5.76. The van der Waals surface area contributed by atoms with Crippen LogP contribution in [-0.4, -0.2) is 59.2 Å². The first-order valence-electron chi connectivity index (χ1n) is 9.85. The summed E-state index contributed by atoms with van der Waals surface area (Å²) in [7, 11) is 1.67. The van der Waals surface area contributed by atoms with E-state index in [0.29, 0.717) is 39.6 Å². The predicted octanol–water partition coefficient (Wildman–Crippen LogP) is 3.06. The van der Waals surface area contributed by atoms with E-state index in [1.165, 1.54) is 0 Å². The van der Waals surface area contributed by atoms with Crippen LogP contribution in [0.5, 0.6) is 11.5 Å². The lowest BCUT2D eigenvalue weighted by Crippen LogP contribution is -2.32. The molecule has 0 fully saturated rings. The lowest BCUT2D eigenvalue weighted by atomic mass is 10.2. The number of methoxy groups -OCH3 is 1. The van der Waals surface area contributed by atoms with E-state index >= 15 is 0 Å². The molecule has 0 saturated heterocycles. The highest BCUT2D eigenvalue weighted by atomic mass is 16.5. The molecule has 2 N–H and O–H groups in total. The summed E-state index contributed by atoms with van der Waals surface area (Å²) < 4.78 is 21.9. The molecule has 0 radical (unpaired) electrons. The third-order valence-corrected chi connectivity index (χ3v) is 3.98. The lowest BCUT2D eigenvalue weighted by molar-refractivity contribution is 0.0702. The van der Waals surface area contributed by atoms with Crippen LogP contribution in [0.1, 0.15) is 32.6 Å². The number of fused-ring (bicyclic) bond motifs is 1. The Morgan fingerprint density at radius 2 is 1.96 bits per heavy atom. The minimum Gasteiger partial charge on any atom is -0.490 e. The Morgan fingerprint density at radius 3 is 2.78 bits per heavy atom. The van der Waals surface area contributed by atoms with Gasteiger partial charge in [0, 0.05) is 45.0 Å². The highest BCUT2D eigenvalue weighted by Gasteiger charge is 2.11. The predicted molar refractivity (Wildman–Crippen MR) is 108 cm³/mol. The van der Waals surface area contributed by atoms with Gasteiger partial charge in [-0.25, -0.2) is 0 Å². The van der Waals surface area contributed by atoms with E-state index in [2.05, 4.69) is 22.5 Å². The molecule has 0 amide bonds. The van der Waals surface area contributed by atoms with Crippen molar-refractivity contribution < 1.29 is 18.9 Å². The minimum atomic E-state index is 0.622. The molecule has 152 valence electrons. The molecule has 0 atom stereocenters. The van der Waals surface area contributed by atoms with Crippen LogP contribution in [0.4, 0.5) is 5.69 Å². The number of ether oxygens (including phenoxy) is 4. The highest BCUT2D eigenvalue weighted by Crippen LogP contribution is 2.32. The Hall–Kier alpha value is -1.99. The number of anilines is 1. The van der Waals surface area contributed by atoms with Crippen molar-refractivity contribution in [3.05, 3.63) is 18.2 Å². The van der Waals surface area contributed by atoms with Crippen molar-refractivity contribution in [2.45, 2.75) is 32.6 Å². The molecule has 0 unspecified atom stereocenters. The van der Waals surface area contributed by atoms with Crippen molar-refractivity contribution in [3.63, 3.8) is 0 Å². The Morgan fingerprint density at radius 1 is 1.11 bits per heavy atom. The van der Waals surface area contributed by atoms with Crippen molar-refractivity contribution in [1.29, 1.82) is 0 Å². The van der Waals surface area contributed by atoms with E-state index in [9.17, 15) is 0 Å². The fraction of sp³-hybridized carbons (Fsp3) is 0.650. The molecule has 1 aromatic carbocycles. The normalized spacial score (nSPS) is 13.9. The first-order chi connectivity index (χ1) is 13.3. The Balaban J connectivity index is 1.88. The van der Waals surface area contributed by atoms with E-state index in [1.54, 1.807) is 7.11 Å². The zero-order chi connectivity index (χ0) is 19.2. The second-order valence-electron chi connectivity index (χ2n) is 6.31. The van der Waals surface area contributed by atoms with Gasteiger partial charge < -0.3 is 29.6 Å². The molecule has 7 heteroatoms. The average molecular weight is 380 g/mol. The van der Waals surface area contributed by atoms with E-state index in [0.717, 1.165) is 55.4 Å². The SMILES string of the molecule is CCCCNC(=NCCCOCCOC)Nc1ccc2c(c1)OCCCO2. The summed E-state index contributed by atoms with van der Waals surface area (Å²) in [4.78, 5) is 4.65. The Kier molecular flexibility index (Phi) is 10.4. The van der Waals surface area contributed by atoms with Crippen molar-refractivity contribution in [2.75, 3.05) is 58.6 Å². The monoisotopic (exact) mass is 379 g/mol. The molecule has 1 heterocycles. The highest BCUT2D eigenvalue weighted by molar-refractivity contribution is 5.93. The van der Waals surface area contributed by atoms with Crippen molar-refractivity contribution in [2.24, 2.45) is 4.99 Å². The zero-order valence-electron chi connectivity index (χ0n) is 16.6. The minimum absolute atomic E-state index is 0.622. The van der Waals surface area contributed by atoms with Crippen molar-refractivity contribution >= 4 is 11.6 Å². The molecule has 1 aliphatic heterocycles. The number of hydrogen-bond donors (Lipinski definition) is 2. The van der Waals surface area contributed by atoms with Crippen LogP contribution in [0.3, 0.4) is 0 Å². The first-order valence-corrected chi connectivity index (χ1v) is 9.85. The summed E-state index contributed by atoms with van der Waals surface area (Å²) in [6.07, 6.45) is 4.00. The maximum atomic E-state index is 5.76. The zero-order valence-corrected chi connectivity index (χ0v) is 16.6. The molecule has 1 aromatic rings. The largest absolute Gasteiger partial charge is 0.490 e. The van der Waals surface area contributed by atoms with Gasteiger partial charge in [-0.15, -0.1) is 0 Å². The second-order valence-corrected chi connectivity index (χ2v) is 6.31. The fourth-order valence-electron chi connectivity index (χ4n) is 2.50. The summed E-state index contributed by atoms with van der Waals surface area (Å²) in [5.41, 5.74) is 0.929. The van der Waals surface area contributed by atoms with Crippen LogP contribution in [0.2, 0.25) is 0 Å². The molecular weight excluding hydrogens is 346 g/mol.